The highest BCUT2D eigenvalue weighted by molar-refractivity contribution is 5.96. The van der Waals surface area contributed by atoms with E-state index in [-0.39, 0.29) is 17.1 Å². The predicted octanol–water partition coefficient (Wildman–Crippen LogP) is 3.05. The van der Waals surface area contributed by atoms with Crippen molar-refractivity contribution in [2.45, 2.75) is 12.8 Å². The van der Waals surface area contributed by atoms with E-state index in [4.69, 9.17) is 0 Å². The topological polar surface area (TPSA) is 111 Å². The monoisotopic (exact) mass is 340 g/mol. The maximum absolute atomic E-state index is 11.3. The minimum atomic E-state index is -0.627. The quantitative estimate of drug-likeness (QED) is 0.669. The van der Waals surface area contributed by atoms with Crippen LogP contribution in [0.3, 0.4) is 0 Å². The number of fused-ring (bicyclic) bond motifs is 2. The van der Waals surface area contributed by atoms with Gasteiger partial charge in [0.25, 0.3) is 5.69 Å². The molecule has 0 heterocycles. The lowest BCUT2D eigenvalue weighted by atomic mass is 9.59. The number of hydrazone groups is 1. The SMILES string of the molecule is O=[N+]([O-])c1ccc(N/N=C2/[C@@H]3[C@@H]4C[C@@H]5[C@@H]2[C@@H]2[C@H]3C[C@H]4[C@H]52)c([N+](=O)[O-])c1. The first kappa shape index (κ1) is 13.7. The molecule has 8 heteroatoms. The number of nitrogens with one attached hydrogen (secondary N) is 1. The Morgan fingerprint density at radius 1 is 0.960 bits per heavy atom. The molecule has 25 heavy (non-hydrogen) atoms. The summed E-state index contributed by atoms with van der Waals surface area (Å²) in [7, 11) is 0. The lowest BCUT2D eigenvalue weighted by Crippen LogP contribution is -2.44. The van der Waals surface area contributed by atoms with Gasteiger partial charge in [-0.05, 0) is 54.4 Å². The number of non-ortho nitro benzene ring substituents is 1. The van der Waals surface area contributed by atoms with Crippen LogP contribution in [-0.4, -0.2) is 15.6 Å². The molecule has 6 rings (SSSR count). The number of benzene rings is 1. The first-order valence-corrected chi connectivity index (χ1v) is 8.82. The Bertz CT molecular complexity index is 877. The Morgan fingerprint density at radius 2 is 1.72 bits per heavy atom. The van der Waals surface area contributed by atoms with Crippen LogP contribution in [0.4, 0.5) is 17.1 Å². The van der Waals surface area contributed by atoms with Crippen LogP contribution in [0.15, 0.2) is 23.3 Å². The fraction of sp³-hybridized carbons (Fsp3) is 0.588. The molecular weight excluding hydrogens is 324 g/mol. The summed E-state index contributed by atoms with van der Waals surface area (Å²) in [5.41, 5.74) is 3.73. The summed E-state index contributed by atoms with van der Waals surface area (Å²) in [5, 5.41) is 26.7. The van der Waals surface area contributed by atoms with Crippen LogP contribution in [-0.2, 0) is 0 Å². The van der Waals surface area contributed by atoms with Gasteiger partial charge in [0, 0.05) is 23.6 Å². The van der Waals surface area contributed by atoms with E-state index in [1.165, 1.54) is 30.7 Å². The second-order valence-corrected chi connectivity index (χ2v) is 8.20. The van der Waals surface area contributed by atoms with E-state index in [2.05, 4.69) is 10.5 Å². The molecule has 5 aliphatic rings. The Hall–Kier alpha value is -2.51. The van der Waals surface area contributed by atoms with E-state index in [0.717, 1.165) is 41.6 Å². The zero-order valence-corrected chi connectivity index (χ0v) is 13.2. The van der Waals surface area contributed by atoms with Crippen molar-refractivity contribution in [1.29, 1.82) is 0 Å². The third kappa shape index (κ3) is 1.43. The van der Waals surface area contributed by atoms with Crippen LogP contribution >= 0.6 is 0 Å². The van der Waals surface area contributed by atoms with Crippen molar-refractivity contribution in [3.8, 4) is 0 Å². The number of nitrogens with zero attached hydrogens (tertiary/aromatic N) is 3. The fourth-order valence-electron chi connectivity index (χ4n) is 7.29. The molecule has 5 aliphatic carbocycles. The highest BCUT2D eigenvalue weighted by Gasteiger charge is 2.79. The van der Waals surface area contributed by atoms with Crippen molar-refractivity contribution >= 4 is 22.8 Å². The molecule has 0 saturated heterocycles. The molecular formula is C17H16N4O4. The van der Waals surface area contributed by atoms with Crippen LogP contribution in [0.1, 0.15) is 12.8 Å². The molecule has 8 atom stereocenters. The zero-order valence-electron chi connectivity index (χ0n) is 13.2. The van der Waals surface area contributed by atoms with Crippen LogP contribution < -0.4 is 5.43 Å². The standard InChI is InChI=1S/C17H16N4O4/c22-20(23)6-1-2-11(12(3-6)21(24)25)18-19-17-14-8-5-9-13-7(8)4-10(14)15(13)16(9)17/h1-3,7-10,13-16,18H,4-5H2/b19-17-/t7-,8-,9+,10+,13-,14-,15-,16-/m1/s1. The zero-order chi connectivity index (χ0) is 17.0. The van der Waals surface area contributed by atoms with Gasteiger partial charge in [-0.15, -0.1) is 0 Å². The molecule has 5 fully saturated rings. The van der Waals surface area contributed by atoms with Gasteiger partial charge in [-0.3, -0.25) is 25.7 Å². The van der Waals surface area contributed by atoms with Crippen LogP contribution in [0.5, 0.6) is 0 Å². The Balaban J connectivity index is 1.34. The van der Waals surface area contributed by atoms with Crippen LogP contribution in [0.25, 0.3) is 0 Å². The van der Waals surface area contributed by atoms with E-state index >= 15 is 0 Å². The summed E-state index contributed by atoms with van der Waals surface area (Å²) in [6, 6.07) is 3.64. The summed E-state index contributed by atoms with van der Waals surface area (Å²) < 4.78 is 0. The van der Waals surface area contributed by atoms with E-state index in [0.29, 0.717) is 11.8 Å². The van der Waals surface area contributed by atoms with Crippen molar-refractivity contribution in [3.63, 3.8) is 0 Å². The average Bonchev–Trinajstić information content (AvgIpc) is 3.12. The van der Waals surface area contributed by atoms with Crippen molar-refractivity contribution in [3.05, 3.63) is 38.4 Å². The molecule has 1 aromatic carbocycles. The minimum Gasteiger partial charge on any atom is -0.272 e. The molecule has 1 aromatic rings. The van der Waals surface area contributed by atoms with Gasteiger partial charge in [-0.25, -0.2) is 0 Å². The first-order chi connectivity index (χ1) is 12.1. The van der Waals surface area contributed by atoms with Gasteiger partial charge in [-0.1, -0.05) is 0 Å². The third-order valence-corrected chi connectivity index (χ3v) is 7.74. The highest BCUT2D eigenvalue weighted by atomic mass is 16.6. The second kappa shape index (κ2) is 4.17. The van der Waals surface area contributed by atoms with E-state index in [9.17, 15) is 20.2 Å². The van der Waals surface area contributed by atoms with Gasteiger partial charge < -0.3 is 0 Å². The number of nitro groups is 2. The lowest BCUT2D eigenvalue weighted by molar-refractivity contribution is -0.393. The molecule has 0 aliphatic heterocycles. The number of anilines is 1. The van der Waals surface area contributed by atoms with Gasteiger partial charge in [-0.2, -0.15) is 5.10 Å². The van der Waals surface area contributed by atoms with Gasteiger partial charge in [0.15, 0.2) is 0 Å². The molecule has 2 bridgehead atoms. The Morgan fingerprint density at radius 3 is 2.48 bits per heavy atom. The maximum atomic E-state index is 11.3. The molecule has 0 aromatic heterocycles. The van der Waals surface area contributed by atoms with E-state index in [1.54, 1.807) is 0 Å². The Labute approximate surface area is 142 Å². The molecule has 5 saturated carbocycles. The summed E-state index contributed by atoms with van der Waals surface area (Å²) in [6.07, 6.45) is 2.71. The maximum Gasteiger partial charge on any atom is 0.301 e. The van der Waals surface area contributed by atoms with Gasteiger partial charge in [0.05, 0.1) is 15.9 Å². The van der Waals surface area contributed by atoms with Crippen molar-refractivity contribution < 1.29 is 9.85 Å². The number of nitro benzene ring substituents is 2. The smallest absolute Gasteiger partial charge is 0.272 e. The largest absolute Gasteiger partial charge is 0.301 e. The van der Waals surface area contributed by atoms with Gasteiger partial charge in [0.1, 0.15) is 5.69 Å². The summed E-state index contributed by atoms with van der Waals surface area (Å²) in [4.78, 5) is 20.9. The fourth-order valence-corrected chi connectivity index (χ4v) is 7.29. The summed E-state index contributed by atoms with van der Waals surface area (Å²) >= 11 is 0. The normalized spacial score (nSPS) is 45.2. The molecule has 0 amide bonds. The first-order valence-electron chi connectivity index (χ1n) is 8.82. The third-order valence-electron chi connectivity index (χ3n) is 7.74. The molecule has 0 unspecified atom stereocenters. The van der Waals surface area contributed by atoms with Crippen molar-refractivity contribution in [2.75, 3.05) is 5.43 Å². The minimum absolute atomic E-state index is 0.224. The number of hydrogen-bond donors (Lipinski definition) is 1. The van der Waals surface area contributed by atoms with Crippen molar-refractivity contribution in [2.24, 2.45) is 52.4 Å². The second-order valence-electron chi connectivity index (χ2n) is 8.20. The molecule has 0 spiro atoms. The van der Waals surface area contributed by atoms with Gasteiger partial charge >= 0.3 is 5.69 Å². The summed E-state index contributed by atoms with van der Waals surface area (Å²) in [5.74, 6) is 6.15. The Kier molecular flexibility index (Phi) is 2.29. The van der Waals surface area contributed by atoms with Gasteiger partial charge in [0.2, 0.25) is 0 Å². The highest BCUT2D eigenvalue weighted by Crippen LogP contribution is 2.81. The molecule has 8 nitrogen and oxygen atoms in total. The average molecular weight is 340 g/mol. The van der Waals surface area contributed by atoms with E-state index < -0.39 is 9.85 Å². The number of hydrogen-bond acceptors (Lipinski definition) is 6. The lowest BCUT2D eigenvalue weighted by Gasteiger charge is -2.44. The van der Waals surface area contributed by atoms with E-state index in [1.807, 2.05) is 0 Å². The van der Waals surface area contributed by atoms with Crippen LogP contribution in [0, 0.1) is 67.6 Å². The number of rotatable bonds is 4. The predicted molar refractivity (Wildman–Crippen MR) is 88.0 cm³/mol. The molecule has 128 valence electrons. The summed E-state index contributed by atoms with van der Waals surface area (Å²) in [6.45, 7) is 0. The van der Waals surface area contributed by atoms with Crippen molar-refractivity contribution in [1.82, 2.24) is 0 Å². The molecule has 0 radical (unpaired) electrons. The molecule has 1 N–H and O–H groups in total. The van der Waals surface area contributed by atoms with Crippen LogP contribution in [0.2, 0.25) is 0 Å².